The van der Waals surface area contributed by atoms with E-state index in [2.05, 4.69) is 5.16 Å². The third-order valence-electron chi connectivity index (χ3n) is 4.43. The molecule has 3 rings (SSSR count). The van der Waals surface area contributed by atoms with Crippen molar-refractivity contribution in [1.82, 2.24) is 0 Å². The zero-order chi connectivity index (χ0) is 20.8. The van der Waals surface area contributed by atoms with Crippen molar-refractivity contribution in [2.24, 2.45) is 5.16 Å². The van der Waals surface area contributed by atoms with Gasteiger partial charge in [-0.2, -0.15) is 0 Å². The van der Waals surface area contributed by atoms with E-state index in [0.29, 0.717) is 34.3 Å². The van der Waals surface area contributed by atoms with Gasteiger partial charge in [-0.15, -0.1) is 0 Å². The molecule has 3 aromatic carbocycles. The molecule has 0 radical (unpaired) electrons. The van der Waals surface area contributed by atoms with E-state index in [4.69, 9.17) is 21.1 Å². The van der Waals surface area contributed by atoms with E-state index in [1.54, 1.807) is 36.4 Å². The second kappa shape index (κ2) is 9.43. The minimum Gasteiger partial charge on any atom is -0.497 e. The Morgan fingerprint density at radius 1 is 0.966 bits per heavy atom. The Hall–Kier alpha value is -3.05. The molecule has 4 nitrogen and oxygen atoms in total. The summed E-state index contributed by atoms with van der Waals surface area (Å²) in [6.45, 7) is 2.04. The normalized spacial score (nSPS) is 11.4. The van der Waals surface area contributed by atoms with Crippen molar-refractivity contribution in [2.75, 3.05) is 7.11 Å². The average molecular weight is 414 g/mol. The molecule has 0 amide bonds. The SMILES string of the molecule is CCCc1cc(Oc2ccc(Cl)cc2)ccc1C(=NO)c1cc(OC)ccc1F. The third kappa shape index (κ3) is 4.87. The van der Waals surface area contributed by atoms with Gasteiger partial charge in [0, 0.05) is 16.1 Å². The summed E-state index contributed by atoms with van der Waals surface area (Å²) in [5.74, 6) is 1.26. The summed E-state index contributed by atoms with van der Waals surface area (Å²) in [5, 5.41) is 13.7. The molecule has 0 spiro atoms. The van der Waals surface area contributed by atoms with Crippen LogP contribution >= 0.6 is 11.6 Å². The topological polar surface area (TPSA) is 51.0 Å². The van der Waals surface area contributed by atoms with Gasteiger partial charge in [0.2, 0.25) is 0 Å². The fourth-order valence-corrected chi connectivity index (χ4v) is 3.17. The highest BCUT2D eigenvalue weighted by atomic mass is 35.5. The van der Waals surface area contributed by atoms with E-state index in [9.17, 15) is 9.60 Å². The molecular formula is C23H21ClFNO3. The van der Waals surface area contributed by atoms with E-state index in [0.717, 1.165) is 12.0 Å². The van der Waals surface area contributed by atoms with Crippen LogP contribution in [-0.2, 0) is 6.42 Å². The lowest BCUT2D eigenvalue weighted by Crippen LogP contribution is -2.10. The van der Waals surface area contributed by atoms with Gasteiger partial charge in [0.05, 0.1) is 7.11 Å². The van der Waals surface area contributed by atoms with Crippen LogP contribution in [0.2, 0.25) is 5.02 Å². The summed E-state index contributed by atoms with van der Waals surface area (Å²) in [7, 11) is 1.50. The van der Waals surface area contributed by atoms with Crippen molar-refractivity contribution in [3.05, 3.63) is 88.2 Å². The molecule has 0 atom stereocenters. The van der Waals surface area contributed by atoms with Gasteiger partial charge in [-0.05, 0) is 72.6 Å². The first-order chi connectivity index (χ1) is 14.0. The Morgan fingerprint density at radius 3 is 2.31 bits per heavy atom. The highest BCUT2D eigenvalue weighted by Crippen LogP contribution is 2.29. The van der Waals surface area contributed by atoms with Crippen molar-refractivity contribution < 1.29 is 19.1 Å². The predicted octanol–water partition coefficient (Wildman–Crippen LogP) is 6.46. The smallest absolute Gasteiger partial charge is 0.133 e. The van der Waals surface area contributed by atoms with Crippen LogP contribution in [-0.4, -0.2) is 18.0 Å². The number of methoxy groups -OCH3 is 1. The van der Waals surface area contributed by atoms with Crippen LogP contribution in [0.1, 0.15) is 30.0 Å². The number of benzene rings is 3. The minimum absolute atomic E-state index is 0.142. The number of hydrogen-bond donors (Lipinski definition) is 1. The van der Waals surface area contributed by atoms with Gasteiger partial charge in [0.1, 0.15) is 28.8 Å². The Morgan fingerprint density at radius 2 is 1.66 bits per heavy atom. The van der Waals surface area contributed by atoms with E-state index < -0.39 is 5.82 Å². The van der Waals surface area contributed by atoms with Crippen molar-refractivity contribution in [3.8, 4) is 17.2 Å². The maximum atomic E-state index is 14.5. The van der Waals surface area contributed by atoms with E-state index in [1.807, 2.05) is 13.0 Å². The van der Waals surface area contributed by atoms with Crippen LogP contribution in [0.3, 0.4) is 0 Å². The number of oxime groups is 1. The lowest BCUT2D eigenvalue weighted by atomic mass is 9.94. The molecule has 0 unspecified atom stereocenters. The first kappa shape index (κ1) is 20.7. The molecule has 0 fully saturated rings. The van der Waals surface area contributed by atoms with E-state index in [-0.39, 0.29) is 11.3 Å². The first-order valence-corrected chi connectivity index (χ1v) is 9.56. The molecule has 0 bridgehead atoms. The number of nitrogens with zero attached hydrogens (tertiary/aromatic N) is 1. The molecule has 0 aromatic heterocycles. The zero-order valence-corrected chi connectivity index (χ0v) is 16.9. The molecule has 6 heteroatoms. The maximum Gasteiger partial charge on any atom is 0.133 e. The van der Waals surface area contributed by atoms with Crippen LogP contribution in [0.15, 0.2) is 65.8 Å². The third-order valence-corrected chi connectivity index (χ3v) is 4.68. The van der Waals surface area contributed by atoms with Crippen LogP contribution in [0.25, 0.3) is 0 Å². The monoisotopic (exact) mass is 413 g/mol. The summed E-state index contributed by atoms with van der Waals surface area (Å²) in [6.07, 6.45) is 1.56. The summed E-state index contributed by atoms with van der Waals surface area (Å²) >= 11 is 5.91. The number of hydrogen-bond acceptors (Lipinski definition) is 4. The van der Waals surface area contributed by atoms with Crippen LogP contribution in [0.4, 0.5) is 4.39 Å². The maximum absolute atomic E-state index is 14.5. The molecule has 3 aromatic rings. The van der Waals surface area contributed by atoms with Crippen molar-refractivity contribution in [3.63, 3.8) is 0 Å². The summed E-state index contributed by atoms with van der Waals surface area (Å²) in [6, 6.07) is 16.8. The standard InChI is InChI=1S/C23H21ClFNO3/c1-3-4-15-13-19(29-17-7-5-16(24)6-8-17)9-11-20(15)23(26-27)21-14-18(28-2)10-12-22(21)25/h5-14,27H,3-4H2,1-2H3. The number of ether oxygens (including phenoxy) is 2. The zero-order valence-electron chi connectivity index (χ0n) is 16.2. The number of rotatable bonds is 7. The van der Waals surface area contributed by atoms with Crippen molar-refractivity contribution >= 4 is 17.3 Å². The molecule has 0 aliphatic carbocycles. The molecule has 0 heterocycles. The second-order valence-corrected chi connectivity index (χ2v) is 6.86. The predicted molar refractivity (Wildman–Crippen MR) is 112 cm³/mol. The van der Waals surface area contributed by atoms with Gasteiger partial charge in [-0.25, -0.2) is 4.39 Å². The molecule has 0 aliphatic heterocycles. The Labute approximate surface area is 174 Å². The number of aryl methyl sites for hydroxylation is 1. The van der Waals surface area contributed by atoms with Gasteiger partial charge in [0.15, 0.2) is 0 Å². The fraction of sp³-hybridized carbons (Fsp3) is 0.174. The highest BCUT2D eigenvalue weighted by Gasteiger charge is 2.18. The second-order valence-electron chi connectivity index (χ2n) is 6.42. The minimum atomic E-state index is -0.498. The lowest BCUT2D eigenvalue weighted by molar-refractivity contribution is 0.319. The molecule has 150 valence electrons. The van der Waals surface area contributed by atoms with Crippen LogP contribution in [0, 0.1) is 5.82 Å². The molecule has 1 N–H and O–H groups in total. The lowest BCUT2D eigenvalue weighted by Gasteiger charge is -2.14. The molecule has 0 saturated carbocycles. The van der Waals surface area contributed by atoms with Crippen LogP contribution < -0.4 is 9.47 Å². The van der Waals surface area contributed by atoms with E-state index in [1.165, 1.54) is 25.3 Å². The summed E-state index contributed by atoms with van der Waals surface area (Å²) in [4.78, 5) is 0. The average Bonchev–Trinajstić information content (AvgIpc) is 2.73. The van der Waals surface area contributed by atoms with Gasteiger partial charge in [0.25, 0.3) is 0 Å². The van der Waals surface area contributed by atoms with Gasteiger partial charge in [-0.1, -0.05) is 30.1 Å². The molecule has 29 heavy (non-hydrogen) atoms. The quantitative estimate of drug-likeness (QED) is 0.275. The molecule has 0 saturated heterocycles. The largest absolute Gasteiger partial charge is 0.497 e. The summed E-state index contributed by atoms with van der Waals surface area (Å²) in [5.41, 5.74) is 1.82. The molecular weight excluding hydrogens is 393 g/mol. The fourth-order valence-electron chi connectivity index (χ4n) is 3.05. The number of halogens is 2. The van der Waals surface area contributed by atoms with Gasteiger partial charge >= 0.3 is 0 Å². The first-order valence-electron chi connectivity index (χ1n) is 9.18. The van der Waals surface area contributed by atoms with Gasteiger partial charge < -0.3 is 14.7 Å². The highest BCUT2D eigenvalue weighted by molar-refractivity contribution is 6.30. The van der Waals surface area contributed by atoms with Crippen LogP contribution in [0.5, 0.6) is 17.2 Å². The van der Waals surface area contributed by atoms with E-state index >= 15 is 0 Å². The Kier molecular flexibility index (Phi) is 6.73. The molecule has 0 aliphatic rings. The summed E-state index contributed by atoms with van der Waals surface area (Å²) < 4.78 is 25.5. The Balaban J connectivity index is 2.00. The van der Waals surface area contributed by atoms with Gasteiger partial charge in [-0.3, -0.25) is 0 Å². The Bertz CT molecular complexity index is 1020. The van der Waals surface area contributed by atoms with Crippen molar-refractivity contribution in [1.29, 1.82) is 0 Å². The van der Waals surface area contributed by atoms with Crippen molar-refractivity contribution in [2.45, 2.75) is 19.8 Å².